The van der Waals surface area contributed by atoms with Crippen molar-refractivity contribution in [2.75, 3.05) is 0 Å². The van der Waals surface area contributed by atoms with Crippen LogP contribution in [-0.2, 0) is 19.2 Å². The average molecular weight is 317 g/mol. The molecular formula is C9H14F3N3O6. The van der Waals surface area contributed by atoms with Crippen LogP contribution in [0, 0.1) is 0 Å². The van der Waals surface area contributed by atoms with Crippen molar-refractivity contribution in [2.45, 2.75) is 31.6 Å². The van der Waals surface area contributed by atoms with Crippen molar-refractivity contribution in [3.8, 4) is 0 Å². The number of nitrogens with two attached hydrogens (primary N) is 2. The van der Waals surface area contributed by atoms with Crippen LogP contribution in [0.15, 0.2) is 0 Å². The van der Waals surface area contributed by atoms with Gasteiger partial charge in [-0.3, -0.25) is 9.59 Å². The Morgan fingerprint density at radius 1 is 1.19 bits per heavy atom. The van der Waals surface area contributed by atoms with Crippen LogP contribution >= 0.6 is 0 Å². The summed E-state index contributed by atoms with van der Waals surface area (Å²) in [6.45, 7) is 1.40. The first-order valence-corrected chi connectivity index (χ1v) is 5.16. The summed E-state index contributed by atoms with van der Waals surface area (Å²) in [4.78, 5) is 40.9. The third-order valence-electron chi connectivity index (χ3n) is 1.68. The van der Waals surface area contributed by atoms with Crippen LogP contribution < -0.4 is 16.8 Å². The number of hydrogen-bond donors (Lipinski definition) is 5. The van der Waals surface area contributed by atoms with Gasteiger partial charge in [0.05, 0.1) is 12.5 Å². The van der Waals surface area contributed by atoms with Gasteiger partial charge in [0.1, 0.15) is 6.04 Å². The zero-order valence-corrected chi connectivity index (χ0v) is 10.7. The zero-order chi connectivity index (χ0) is 17.4. The van der Waals surface area contributed by atoms with Gasteiger partial charge in [0.15, 0.2) is 0 Å². The van der Waals surface area contributed by atoms with Gasteiger partial charge in [-0.2, -0.15) is 13.2 Å². The van der Waals surface area contributed by atoms with Crippen molar-refractivity contribution in [1.82, 2.24) is 5.32 Å². The lowest BCUT2D eigenvalue weighted by Crippen LogP contribution is -2.48. The van der Waals surface area contributed by atoms with Crippen molar-refractivity contribution in [3.05, 3.63) is 0 Å². The molecule has 0 aliphatic rings. The first-order chi connectivity index (χ1) is 9.28. The largest absolute Gasteiger partial charge is 0.490 e. The Labute approximate surface area is 116 Å². The summed E-state index contributed by atoms with van der Waals surface area (Å²) in [6, 6.07) is -2.14. The molecule has 122 valence electrons. The first-order valence-electron chi connectivity index (χ1n) is 5.16. The third kappa shape index (κ3) is 11.2. The lowest BCUT2D eigenvalue weighted by atomic mass is 10.2. The molecule has 21 heavy (non-hydrogen) atoms. The molecule has 0 unspecified atom stereocenters. The van der Waals surface area contributed by atoms with Crippen LogP contribution in [0.5, 0.6) is 0 Å². The van der Waals surface area contributed by atoms with Crippen molar-refractivity contribution in [2.24, 2.45) is 11.5 Å². The van der Waals surface area contributed by atoms with Gasteiger partial charge in [-0.15, -0.1) is 0 Å². The molecule has 2 amide bonds. The quantitative estimate of drug-likeness (QED) is 0.406. The second-order valence-corrected chi connectivity index (χ2v) is 3.66. The molecule has 0 heterocycles. The van der Waals surface area contributed by atoms with Crippen molar-refractivity contribution in [1.29, 1.82) is 0 Å². The summed E-state index contributed by atoms with van der Waals surface area (Å²) in [7, 11) is 0. The summed E-state index contributed by atoms with van der Waals surface area (Å²) in [5.41, 5.74) is 9.99. The Hall–Kier alpha value is -2.37. The van der Waals surface area contributed by atoms with E-state index in [-0.39, 0.29) is 0 Å². The topological polar surface area (TPSA) is 173 Å². The number of carbonyl (C=O) groups excluding carboxylic acids is 2. The highest BCUT2D eigenvalue weighted by Gasteiger charge is 2.38. The van der Waals surface area contributed by atoms with Gasteiger partial charge >= 0.3 is 18.1 Å². The van der Waals surface area contributed by atoms with E-state index in [2.05, 4.69) is 5.32 Å². The minimum absolute atomic E-state index is 0.451. The fourth-order valence-electron chi connectivity index (χ4n) is 0.704. The smallest absolute Gasteiger partial charge is 0.480 e. The summed E-state index contributed by atoms with van der Waals surface area (Å²) < 4.78 is 31.7. The number of carboxylic acids is 2. The van der Waals surface area contributed by atoms with Crippen LogP contribution in [0.4, 0.5) is 13.2 Å². The van der Waals surface area contributed by atoms with Crippen LogP contribution in [0.25, 0.3) is 0 Å². The number of halogens is 3. The molecule has 0 radical (unpaired) electrons. The van der Waals surface area contributed by atoms with E-state index in [1.54, 1.807) is 0 Å². The predicted molar refractivity (Wildman–Crippen MR) is 60.7 cm³/mol. The summed E-state index contributed by atoms with van der Waals surface area (Å²) in [6.07, 6.45) is -5.53. The number of carboxylic acid groups (broad SMARTS) is 2. The minimum atomic E-state index is -5.08. The second-order valence-electron chi connectivity index (χ2n) is 3.66. The molecule has 0 saturated carbocycles. The van der Waals surface area contributed by atoms with Crippen LogP contribution in [0.2, 0.25) is 0 Å². The highest BCUT2D eigenvalue weighted by Crippen LogP contribution is 2.13. The van der Waals surface area contributed by atoms with Gasteiger partial charge in [0, 0.05) is 0 Å². The maximum atomic E-state index is 11.0. The molecular weight excluding hydrogens is 303 g/mol. The molecule has 0 aliphatic heterocycles. The number of amides is 2. The van der Waals surface area contributed by atoms with Gasteiger partial charge < -0.3 is 27.0 Å². The number of nitrogens with one attached hydrogen (secondary N) is 1. The van der Waals surface area contributed by atoms with Gasteiger partial charge in [-0.1, -0.05) is 0 Å². The van der Waals surface area contributed by atoms with E-state index in [4.69, 9.17) is 26.5 Å². The Bertz CT molecular complexity index is 410. The van der Waals surface area contributed by atoms with E-state index in [9.17, 15) is 27.6 Å². The molecule has 0 bridgehead atoms. The maximum Gasteiger partial charge on any atom is 0.490 e. The second kappa shape index (κ2) is 8.73. The Kier molecular flexibility index (Phi) is 8.71. The van der Waals surface area contributed by atoms with Crippen molar-refractivity contribution < 1.29 is 42.6 Å². The number of hydrogen-bond acceptors (Lipinski definition) is 5. The number of aliphatic carboxylic acids is 2. The fourth-order valence-corrected chi connectivity index (χ4v) is 0.704. The van der Waals surface area contributed by atoms with Crippen LogP contribution in [0.3, 0.4) is 0 Å². The normalized spacial score (nSPS) is 13.2. The number of alkyl halides is 3. The highest BCUT2D eigenvalue weighted by molar-refractivity contribution is 5.89. The Balaban J connectivity index is 0. The number of rotatable bonds is 5. The standard InChI is InChI=1S/C7H13N3O4.C2HF3O2/c1-3(8)6(12)10-4(7(13)14)2-5(9)11;3-2(4,5)1(6)7/h3-4H,2,8H2,1H3,(H2,9,11)(H,10,12)(H,13,14);(H,6,7)/t3-,4-;/m0./s1. The molecule has 12 heteroatoms. The van der Waals surface area contributed by atoms with Crippen LogP contribution in [-0.4, -0.2) is 52.2 Å². The molecule has 0 aromatic carbocycles. The SMILES string of the molecule is C[C@H](N)C(=O)N[C@@H](CC(N)=O)C(=O)O.O=C(O)C(F)(F)F. The molecule has 0 aliphatic carbocycles. The lowest BCUT2D eigenvalue weighted by Gasteiger charge is -2.14. The molecule has 0 saturated heterocycles. The fraction of sp³-hybridized carbons (Fsp3) is 0.556. The Morgan fingerprint density at radius 3 is 1.76 bits per heavy atom. The molecule has 7 N–H and O–H groups in total. The molecule has 9 nitrogen and oxygen atoms in total. The molecule has 0 aromatic rings. The van der Waals surface area contributed by atoms with E-state index in [1.807, 2.05) is 0 Å². The summed E-state index contributed by atoms with van der Waals surface area (Å²) >= 11 is 0. The molecule has 0 aromatic heterocycles. The predicted octanol–water partition coefficient (Wildman–Crippen LogP) is -1.59. The van der Waals surface area contributed by atoms with E-state index < -0.39 is 48.4 Å². The molecule has 0 spiro atoms. The third-order valence-corrected chi connectivity index (χ3v) is 1.68. The highest BCUT2D eigenvalue weighted by atomic mass is 19.4. The molecule has 2 atom stereocenters. The summed E-state index contributed by atoms with van der Waals surface area (Å²) in [5, 5.41) is 17.8. The van der Waals surface area contributed by atoms with Crippen molar-refractivity contribution in [3.63, 3.8) is 0 Å². The van der Waals surface area contributed by atoms with Gasteiger partial charge in [0.25, 0.3) is 0 Å². The van der Waals surface area contributed by atoms with Crippen molar-refractivity contribution >= 4 is 23.8 Å². The number of carbonyl (C=O) groups is 4. The minimum Gasteiger partial charge on any atom is -0.480 e. The zero-order valence-electron chi connectivity index (χ0n) is 10.7. The average Bonchev–Trinajstić information content (AvgIpc) is 2.26. The van der Waals surface area contributed by atoms with Gasteiger partial charge in [0.2, 0.25) is 11.8 Å². The molecule has 0 fully saturated rings. The van der Waals surface area contributed by atoms with E-state index in [0.717, 1.165) is 0 Å². The first kappa shape index (κ1) is 20.9. The molecule has 0 rings (SSSR count). The number of primary amides is 1. The monoisotopic (exact) mass is 317 g/mol. The summed E-state index contributed by atoms with van der Waals surface area (Å²) in [5.74, 6) is -5.52. The Morgan fingerprint density at radius 2 is 1.57 bits per heavy atom. The maximum absolute atomic E-state index is 11.0. The van der Waals surface area contributed by atoms with Crippen LogP contribution in [0.1, 0.15) is 13.3 Å². The van der Waals surface area contributed by atoms with Gasteiger partial charge in [-0.05, 0) is 6.92 Å². The van der Waals surface area contributed by atoms with Gasteiger partial charge in [-0.25, -0.2) is 9.59 Å². The van der Waals surface area contributed by atoms with E-state index in [0.29, 0.717) is 0 Å². The lowest BCUT2D eigenvalue weighted by molar-refractivity contribution is -0.192. The van der Waals surface area contributed by atoms with E-state index >= 15 is 0 Å². The van der Waals surface area contributed by atoms with E-state index in [1.165, 1.54) is 6.92 Å².